The smallest absolute Gasteiger partial charge is 0.223 e. The zero-order valence-electron chi connectivity index (χ0n) is 16.3. The highest BCUT2D eigenvalue weighted by Gasteiger charge is 2.36. The molecule has 134 valence electrons. The van der Waals surface area contributed by atoms with Crippen molar-refractivity contribution in [3.63, 3.8) is 0 Å². The number of hydrogen-bond donors (Lipinski definition) is 0. The molecule has 2 nitrogen and oxygen atoms in total. The molecule has 1 aromatic rings. The van der Waals surface area contributed by atoms with Crippen LogP contribution in [-0.4, -0.2) is 23.4 Å². The highest BCUT2D eigenvalue weighted by Crippen LogP contribution is 2.35. The lowest BCUT2D eigenvalue weighted by Gasteiger charge is -2.45. The molecule has 0 spiro atoms. The van der Waals surface area contributed by atoms with Crippen molar-refractivity contribution < 1.29 is 6.22 Å². The molecule has 1 atom stereocenters. The Balaban J connectivity index is 0.00000261. The van der Waals surface area contributed by atoms with E-state index >= 15 is 0 Å². The number of fused-ring (bicyclic) bond motifs is 3. The molecule has 1 amide bonds. The van der Waals surface area contributed by atoms with Crippen LogP contribution in [0.15, 0.2) is 35.9 Å². The lowest BCUT2D eigenvalue weighted by molar-refractivity contribution is -0.139. The number of piperidine rings is 2. The van der Waals surface area contributed by atoms with E-state index in [0.29, 0.717) is 30.4 Å². The number of allylic oxidation sites excluding steroid dienone is 1. The van der Waals surface area contributed by atoms with Crippen LogP contribution < -0.4 is 0 Å². The van der Waals surface area contributed by atoms with Crippen LogP contribution in [0.5, 0.6) is 0 Å². The highest BCUT2D eigenvalue weighted by atomic mass is 16.2. The molecule has 4 rings (SSSR count). The maximum absolute atomic E-state index is 12.8. The lowest BCUT2D eigenvalue weighted by Crippen LogP contribution is -2.51. The van der Waals surface area contributed by atoms with E-state index in [4.69, 9.17) is 13.0 Å². The normalized spacial score (nSPS) is 22.0. The minimum absolute atomic E-state index is 0. The molecule has 3 aliphatic rings. The molecule has 1 aliphatic carbocycles. The monoisotopic (exact) mass is 345 g/mol. The summed E-state index contributed by atoms with van der Waals surface area (Å²) in [4.78, 5) is 14.9. The van der Waals surface area contributed by atoms with Gasteiger partial charge in [-0.2, -0.15) is 0 Å². The molecule has 0 N–H and O–H groups in total. The Hall–Kier alpha value is -2.45. The number of hydrogen-bond acceptors (Lipinski definition) is 1. The maximum atomic E-state index is 12.8. The van der Waals surface area contributed by atoms with Gasteiger partial charge in [-0.25, -0.2) is 0 Å². The zero-order chi connectivity index (χ0) is 18.4. The molecular formula is C24H27NO. The minimum atomic E-state index is -0.0852. The van der Waals surface area contributed by atoms with E-state index in [0.717, 1.165) is 31.4 Å². The first-order valence-corrected chi connectivity index (χ1v) is 9.59. The fourth-order valence-corrected chi connectivity index (χ4v) is 4.12. The Morgan fingerprint density at radius 2 is 1.96 bits per heavy atom. The van der Waals surface area contributed by atoms with Crippen LogP contribution in [-0.2, 0) is 4.79 Å². The van der Waals surface area contributed by atoms with Crippen LogP contribution in [0.2, 0.25) is 0 Å². The first-order valence-electron chi connectivity index (χ1n) is 9.59. The molecule has 1 aromatic carbocycles. The standard InChI is InChI=1S/C24H26NO.H/c1-3-19(2)22(12-8-7-11-20-9-5-4-6-10-20)17-24(26)25-18-21-13-15-23(25)16-14-21;/h1-2,4-6,9-10,21-23H,8,12-18H2;/t21?,22-,23?;/m1./s1. The summed E-state index contributed by atoms with van der Waals surface area (Å²) in [6, 6.07) is 10.3. The van der Waals surface area contributed by atoms with Gasteiger partial charge in [0.2, 0.25) is 5.91 Å². The van der Waals surface area contributed by atoms with Gasteiger partial charge in [0.25, 0.3) is 0 Å². The van der Waals surface area contributed by atoms with Crippen LogP contribution in [0.4, 0.5) is 0 Å². The quantitative estimate of drug-likeness (QED) is 0.727. The van der Waals surface area contributed by atoms with Crippen molar-refractivity contribution in [1.82, 2.24) is 4.90 Å². The van der Waals surface area contributed by atoms with Gasteiger partial charge in [0.15, 0.2) is 0 Å². The Morgan fingerprint density at radius 1 is 1.23 bits per heavy atom. The Bertz CT molecular complexity index is 744. The zero-order valence-corrected chi connectivity index (χ0v) is 15.3. The molecule has 2 bridgehead atoms. The van der Waals surface area contributed by atoms with E-state index < -0.39 is 0 Å². The second-order valence-corrected chi connectivity index (χ2v) is 7.43. The Kier molecular flexibility index (Phi) is 6.19. The van der Waals surface area contributed by atoms with Crippen LogP contribution in [0.1, 0.15) is 51.9 Å². The second-order valence-electron chi connectivity index (χ2n) is 7.43. The molecule has 3 fully saturated rings. The number of carbonyl (C=O) groups excluding carboxylic acids is 1. The summed E-state index contributed by atoms with van der Waals surface area (Å²) in [6.07, 6.45) is 12.2. The molecule has 26 heavy (non-hydrogen) atoms. The van der Waals surface area contributed by atoms with Gasteiger partial charge in [-0.15, -0.1) is 6.42 Å². The van der Waals surface area contributed by atoms with E-state index in [9.17, 15) is 4.79 Å². The summed E-state index contributed by atoms with van der Waals surface area (Å²) in [7, 11) is 0. The average molecular weight is 345 g/mol. The second kappa shape index (κ2) is 8.77. The molecule has 2 saturated heterocycles. The molecule has 2 heteroatoms. The van der Waals surface area contributed by atoms with Gasteiger partial charge in [0.05, 0.1) is 0 Å². The number of terminal acetylenes is 1. The summed E-state index contributed by atoms with van der Waals surface area (Å²) in [5, 5.41) is 0. The average Bonchev–Trinajstić information content (AvgIpc) is 2.71. The van der Waals surface area contributed by atoms with E-state index in [-0.39, 0.29) is 13.3 Å². The number of rotatable bonds is 5. The summed E-state index contributed by atoms with van der Waals surface area (Å²) in [6.45, 7) is 6.94. The third-order valence-electron chi connectivity index (χ3n) is 5.68. The highest BCUT2D eigenvalue weighted by molar-refractivity contribution is 5.77. The Morgan fingerprint density at radius 3 is 2.58 bits per heavy atom. The van der Waals surface area contributed by atoms with Crippen molar-refractivity contribution in [1.29, 1.82) is 0 Å². The van der Waals surface area contributed by atoms with Gasteiger partial charge < -0.3 is 4.90 Å². The van der Waals surface area contributed by atoms with Crippen LogP contribution in [0.3, 0.4) is 0 Å². The van der Waals surface area contributed by atoms with E-state index in [1.165, 1.54) is 12.8 Å². The molecule has 1 saturated carbocycles. The van der Waals surface area contributed by atoms with Crippen molar-refractivity contribution in [3.05, 3.63) is 48.0 Å². The summed E-state index contributed by atoms with van der Waals surface area (Å²) >= 11 is 0. The Labute approximate surface area is 159 Å². The predicted octanol–water partition coefficient (Wildman–Crippen LogP) is 4.33. The lowest BCUT2D eigenvalue weighted by atomic mass is 9.79. The van der Waals surface area contributed by atoms with Crippen molar-refractivity contribution in [2.24, 2.45) is 11.8 Å². The topological polar surface area (TPSA) is 20.3 Å². The number of nitrogens with zero attached hydrogens (tertiary/aromatic N) is 1. The van der Waals surface area contributed by atoms with E-state index in [2.05, 4.69) is 22.7 Å². The SMILES string of the molecule is [CH]=C(C#C)[C@H](CCC#Cc1ccccc1)CC(=O)N1CC2CCC1CC2.[H]. The van der Waals surface area contributed by atoms with Gasteiger partial charge in [-0.3, -0.25) is 4.79 Å². The van der Waals surface area contributed by atoms with Crippen molar-refractivity contribution in [2.75, 3.05) is 6.54 Å². The van der Waals surface area contributed by atoms with Crippen molar-refractivity contribution in [2.45, 2.75) is 51.0 Å². The fraction of sp³-hybridized carbons (Fsp3) is 0.458. The van der Waals surface area contributed by atoms with Crippen LogP contribution in [0.25, 0.3) is 0 Å². The first-order chi connectivity index (χ1) is 12.7. The number of amides is 1. The molecule has 2 aliphatic heterocycles. The van der Waals surface area contributed by atoms with E-state index in [1.54, 1.807) is 0 Å². The first kappa shape index (κ1) is 18.3. The molecule has 2 heterocycles. The van der Waals surface area contributed by atoms with Gasteiger partial charge in [0.1, 0.15) is 0 Å². The largest absolute Gasteiger partial charge is 0.339 e. The van der Waals surface area contributed by atoms with Gasteiger partial charge in [0, 0.05) is 43.9 Å². The summed E-state index contributed by atoms with van der Waals surface area (Å²) in [5.41, 5.74) is 1.47. The van der Waals surface area contributed by atoms with Crippen molar-refractivity contribution in [3.8, 4) is 24.2 Å². The van der Waals surface area contributed by atoms with Gasteiger partial charge in [-0.1, -0.05) is 36.0 Å². The minimum Gasteiger partial charge on any atom is -0.339 e. The van der Waals surface area contributed by atoms with E-state index in [1.807, 2.05) is 30.3 Å². The third-order valence-corrected chi connectivity index (χ3v) is 5.68. The molecular weight excluding hydrogens is 318 g/mol. The number of carbonyl (C=O) groups is 1. The van der Waals surface area contributed by atoms with Gasteiger partial charge in [-0.05, 0) is 56.7 Å². The van der Waals surface area contributed by atoms with Crippen LogP contribution in [0, 0.1) is 42.6 Å². The van der Waals surface area contributed by atoms with Crippen LogP contribution >= 0.6 is 0 Å². The summed E-state index contributed by atoms with van der Waals surface area (Å²) in [5.74, 6) is 9.68. The molecule has 0 aromatic heterocycles. The molecule has 0 unspecified atom stereocenters. The predicted molar refractivity (Wildman–Crippen MR) is 106 cm³/mol. The molecule has 2 radical (unpaired) electrons. The van der Waals surface area contributed by atoms with Gasteiger partial charge >= 0.3 is 0 Å². The number of benzene rings is 1. The van der Waals surface area contributed by atoms with Crippen molar-refractivity contribution >= 4 is 5.91 Å². The summed E-state index contributed by atoms with van der Waals surface area (Å²) < 4.78 is 0. The fourth-order valence-electron chi connectivity index (χ4n) is 4.12. The third kappa shape index (κ3) is 4.59. The maximum Gasteiger partial charge on any atom is 0.223 e.